The zero-order valence-corrected chi connectivity index (χ0v) is 21.5. The topological polar surface area (TPSA) is 15.7 Å². The second kappa shape index (κ2) is 14.6. The van der Waals surface area contributed by atoms with Crippen molar-refractivity contribution in [2.75, 3.05) is 39.9 Å². The second-order valence-corrected chi connectivity index (χ2v) is 9.01. The highest BCUT2D eigenvalue weighted by molar-refractivity contribution is 9.10. The first-order valence-electron chi connectivity index (χ1n) is 11.1. The van der Waals surface area contributed by atoms with Crippen LogP contribution in [0.5, 0.6) is 0 Å². The molecular formula is C26H41BrN2O. The Morgan fingerprint density at radius 3 is 2.40 bits per heavy atom. The van der Waals surface area contributed by atoms with Gasteiger partial charge >= 0.3 is 0 Å². The van der Waals surface area contributed by atoms with Crippen molar-refractivity contribution in [1.82, 2.24) is 9.80 Å². The van der Waals surface area contributed by atoms with Crippen molar-refractivity contribution in [2.24, 2.45) is 5.92 Å². The third kappa shape index (κ3) is 9.63. The van der Waals surface area contributed by atoms with Gasteiger partial charge in [-0.3, -0.25) is 0 Å². The van der Waals surface area contributed by atoms with E-state index in [4.69, 9.17) is 4.74 Å². The van der Waals surface area contributed by atoms with Gasteiger partial charge in [0.05, 0.1) is 6.61 Å². The lowest BCUT2D eigenvalue weighted by molar-refractivity contribution is 0.129. The molecule has 0 fully saturated rings. The van der Waals surface area contributed by atoms with Crippen molar-refractivity contribution < 1.29 is 4.74 Å². The highest BCUT2D eigenvalue weighted by Gasteiger charge is 2.18. The van der Waals surface area contributed by atoms with Gasteiger partial charge in [0.2, 0.25) is 0 Å². The third-order valence-corrected chi connectivity index (χ3v) is 5.87. The highest BCUT2D eigenvalue weighted by Crippen LogP contribution is 2.24. The van der Waals surface area contributed by atoms with Gasteiger partial charge in [-0.2, -0.15) is 0 Å². The number of ether oxygens (including phenoxy) is 1. The molecule has 0 aliphatic rings. The van der Waals surface area contributed by atoms with Crippen molar-refractivity contribution in [3.05, 3.63) is 70.0 Å². The molecule has 0 aromatic heterocycles. The Morgan fingerprint density at radius 2 is 1.83 bits per heavy atom. The van der Waals surface area contributed by atoms with E-state index in [0.717, 1.165) is 43.6 Å². The first-order chi connectivity index (χ1) is 14.3. The molecule has 0 saturated heterocycles. The Bertz CT molecular complexity index is 689. The van der Waals surface area contributed by atoms with Crippen LogP contribution in [0.2, 0.25) is 0 Å². The molecule has 0 bridgehead atoms. The van der Waals surface area contributed by atoms with Crippen molar-refractivity contribution in [2.45, 2.75) is 47.5 Å². The van der Waals surface area contributed by atoms with E-state index >= 15 is 0 Å². The standard InChI is InChI=1S/C26H41BrN2O/c1-8-10-26(21(3)4)29(19-20-30-9-2)23(6)22(5)15-17-28(7)18-16-24-11-13-25(27)14-12-24/h8,10-14,22H,6,9,15-20H2,1-5,7H3/b10-8-. The minimum absolute atomic E-state index is 0.404. The Hall–Kier alpha value is -1.36. The van der Waals surface area contributed by atoms with E-state index in [9.17, 15) is 0 Å². The molecular weight excluding hydrogens is 436 g/mol. The number of hydrogen-bond donors (Lipinski definition) is 0. The second-order valence-electron chi connectivity index (χ2n) is 8.09. The van der Waals surface area contributed by atoms with E-state index in [0.29, 0.717) is 12.5 Å². The zero-order chi connectivity index (χ0) is 22.5. The van der Waals surface area contributed by atoms with Crippen LogP contribution in [0.15, 0.2) is 64.4 Å². The van der Waals surface area contributed by atoms with Crippen LogP contribution in [0.25, 0.3) is 0 Å². The molecule has 3 nitrogen and oxygen atoms in total. The number of halogens is 1. The molecule has 0 aliphatic carbocycles. The lowest BCUT2D eigenvalue weighted by Gasteiger charge is -2.33. The van der Waals surface area contributed by atoms with Crippen molar-refractivity contribution >= 4 is 15.9 Å². The molecule has 0 heterocycles. The minimum atomic E-state index is 0.404. The van der Waals surface area contributed by atoms with Gasteiger partial charge in [-0.25, -0.2) is 0 Å². The molecule has 0 N–H and O–H groups in total. The average Bonchev–Trinajstić information content (AvgIpc) is 2.72. The van der Waals surface area contributed by atoms with Gasteiger partial charge in [0, 0.05) is 35.6 Å². The normalized spacial score (nSPS) is 12.4. The lowest BCUT2D eigenvalue weighted by Crippen LogP contribution is -2.31. The van der Waals surface area contributed by atoms with Crippen LogP contribution in [0.3, 0.4) is 0 Å². The maximum atomic E-state index is 5.64. The molecule has 1 rings (SSSR count). The van der Waals surface area contributed by atoms with Crippen LogP contribution in [0.1, 0.15) is 46.6 Å². The Morgan fingerprint density at radius 1 is 1.17 bits per heavy atom. The summed E-state index contributed by atoms with van der Waals surface area (Å²) in [5, 5.41) is 0. The summed E-state index contributed by atoms with van der Waals surface area (Å²) in [7, 11) is 2.21. The summed E-state index contributed by atoms with van der Waals surface area (Å²) < 4.78 is 6.77. The van der Waals surface area contributed by atoms with E-state index in [1.165, 1.54) is 22.5 Å². The van der Waals surface area contributed by atoms with Gasteiger partial charge < -0.3 is 14.5 Å². The fraction of sp³-hybridized carbons (Fsp3) is 0.538. The largest absolute Gasteiger partial charge is 0.380 e. The molecule has 4 heteroatoms. The number of nitrogens with zero attached hydrogens (tertiary/aromatic N) is 2. The molecule has 0 amide bonds. The summed E-state index contributed by atoms with van der Waals surface area (Å²) in [4.78, 5) is 4.77. The van der Waals surface area contributed by atoms with Gasteiger partial charge in [0.25, 0.3) is 0 Å². The fourth-order valence-corrected chi connectivity index (χ4v) is 3.60. The van der Waals surface area contributed by atoms with Crippen molar-refractivity contribution in [3.8, 4) is 0 Å². The predicted molar refractivity (Wildman–Crippen MR) is 135 cm³/mol. The number of likely N-dealkylation sites (N-methyl/N-ethyl adjacent to an activating group) is 1. The summed E-state index contributed by atoms with van der Waals surface area (Å²) in [6.45, 7) is 19.6. The number of allylic oxidation sites excluding steroid dienone is 4. The molecule has 30 heavy (non-hydrogen) atoms. The number of benzene rings is 1. The molecule has 1 aromatic carbocycles. The maximum Gasteiger partial charge on any atom is 0.0645 e. The molecule has 1 aromatic rings. The van der Waals surface area contributed by atoms with Crippen molar-refractivity contribution in [3.63, 3.8) is 0 Å². The molecule has 1 atom stereocenters. The number of hydrogen-bond acceptors (Lipinski definition) is 3. The molecule has 0 spiro atoms. The summed E-state index contributed by atoms with van der Waals surface area (Å²) in [5.74, 6) is 0.404. The van der Waals surface area contributed by atoms with Crippen LogP contribution in [-0.4, -0.2) is 49.7 Å². The zero-order valence-electron chi connectivity index (χ0n) is 19.9. The molecule has 168 valence electrons. The van der Waals surface area contributed by atoms with Crippen LogP contribution in [-0.2, 0) is 11.2 Å². The summed E-state index contributed by atoms with van der Waals surface area (Å²) in [6.07, 6.45) is 6.45. The smallest absolute Gasteiger partial charge is 0.0645 e. The first kappa shape index (κ1) is 26.7. The summed E-state index contributed by atoms with van der Waals surface area (Å²) in [6, 6.07) is 8.62. The monoisotopic (exact) mass is 476 g/mol. The quantitative estimate of drug-likeness (QED) is 0.220. The van der Waals surface area contributed by atoms with E-state index in [2.05, 4.69) is 103 Å². The SMILES string of the molecule is C=C(C(C)CCN(C)CCc1ccc(Br)cc1)N(CCOCC)C(/C=C\C)=C(C)C. The Kier molecular flexibility index (Phi) is 13.0. The highest BCUT2D eigenvalue weighted by atomic mass is 79.9. The Labute approximate surface area is 193 Å². The predicted octanol–water partition coefficient (Wildman–Crippen LogP) is 6.67. The Balaban J connectivity index is 2.65. The van der Waals surface area contributed by atoms with Gasteiger partial charge in [-0.15, -0.1) is 0 Å². The van der Waals surface area contributed by atoms with E-state index in [1.54, 1.807) is 0 Å². The minimum Gasteiger partial charge on any atom is -0.380 e. The number of rotatable bonds is 14. The van der Waals surface area contributed by atoms with E-state index in [1.807, 2.05) is 6.92 Å². The van der Waals surface area contributed by atoms with Crippen molar-refractivity contribution in [1.29, 1.82) is 0 Å². The third-order valence-electron chi connectivity index (χ3n) is 5.35. The van der Waals surface area contributed by atoms with Crippen LogP contribution in [0.4, 0.5) is 0 Å². The van der Waals surface area contributed by atoms with Gasteiger partial charge in [-0.05, 0) is 83.8 Å². The van der Waals surface area contributed by atoms with Crippen LogP contribution >= 0.6 is 15.9 Å². The van der Waals surface area contributed by atoms with Crippen LogP contribution < -0.4 is 0 Å². The maximum absolute atomic E-state index is 5.64. The molecule has 0 radical (unpaired) electrons. The van der Waals surface area contributed by atoms with Crippen LogP contribution in [0, 0.1) is 5.92 Å². The van der Waals surface area contributed by atoms with Gasteiger partial charge in [-0.1, -0.05) is 53.2 Å². The summed E-state index contributed by atoms with van der Waals surface area (Å²) >= 11 is 3.50. The molecule has 0 aliphatic heterocycles. The molecule has 0 saturated carbocycles. The fourth-order valence-electron chi connectivity index (χ4n) is 3.33. The summed E-state index contributed by atoms with van der Waals surface area (Å²) in [5.41, 5.74) is 5.08. The van der Waals surface area contributed by atoms with E-state index < -0.39 is 0 Å². The van der Waals surface area contributed by atoms with E-state index in [-0.39, 0.29) is 0 Å². The molecule has 1 unspecified atom stereocenters. The lowest BCUT2D eigenvalue weighted by atomic mass is 10.0. The first-order valence-corrected chi connectivity index (χ1v) is 11.9. The average molecular weight is 478 g/mol. The van der Waals surface area contributed by atoms with Gasteiger partial charge in [0.1, 0.15) is 0 Å². The van der Waals surface area contributed by atoms with Gasteiger partial charge in [0.15, 0.2) is 0 Å².